The van der Waals surface area contributed by atoms with E-state index in [4.69, 9.17) is 5.11 Å². The SMILES string of the molecule is Cc1cc(C(=O)N(CC(=O)O)CC(F)(F)F)ccc1Br. The van der Waals surface area contributed by atoms with Crippen LogP contribution in [0.4, 0.5) is 13.2 Å². The molecule has 0 heterocycles. The van der Waals surface area contributed by atoms with E-state index in [-0.39, 0.29) is 10.5 Å². The van der Waals surface area contributed by atoms with E-state index in [2.05, 4.69) is 15.9 Å². The normalized spacial score (nSPS) is 11.2. The molecule has 1 aromatic carbocycles. The first kappa shape index (κ1) is 16.5. The minimum Gasteiger partial charge on any atom is -0.480 e. The molecule has 0 aromatic heterocycles. The van der Waals surface area contributed by atoms with Crippen molar-refractivity contribution in [3.8, 4) is 0 Å². The van der Waals surface area contributed by atoms with Crippen molar-refractivity contribution in [3.05, 3.63) is 33.8 Å². The smallest absolute Gasteiger partial charge is 0.406 e. The van der Waals surface area contributed by atoms with Gasteiger partial charge in [0.25, 0.3) is 5.91 Å². The van der Waals surface area contributed by atoms with Gasteiger partial charge in [0.2, 0.25) is 0 Å². The van der Waals surface area contributed by atoms with Crippen molar-refractivity contribution in [2.24, 2.45) is 0 Å². The third-order valence-corrected chi connectivity index (χ3v) is 3.28. The second-order valence-electron chi connectivity index (χ2n) is 4.13. The van der Waals surface area contributed by atoms with Gasteiger partial charge in [0, 0.05) is 10.0 Å². The molecule has 0 aliphatic rings. The van der Waals surface area contributed by atoms with E-state index < -0.39 is 31.1 Å². The first-order valence-electron chi connectivity index (χ1n) is 5.44. The van der Waals surface area contributed by atoms with Crippen molar-refractivity contribution in [3.63, 3.8) is 0 Å². The van der Waals surface area contributed by atoms with Gasteiger partial charge in [-0.05, 0) is 30.7 Å². The quantitative estimate of drug-likeness (QED) is 0.905. The Kier molecular flexibility index (Phi) is 5.15. The third kappa shape index (κ3) is 4.84. The summed E-state index contributed by atoms with van der Waals surface area (Å²) in [5.74, 6) is -2.48. The second kappa shape index (κ2) is 6.25. The molecule has 1 aromatic rings. The number of aryl methyl sites for hydroxylation is 1. The summed E-state index contributed by atoms with van der Waals surface area (Å²) in [6.45, 7) is -0.938. The molecular formula is C12H11BrF3NO3. The Morgan fingerprint density at radius 1 is 1.35 bits per heavy atom. The molecule has 0 atom stereocenters. The molecule has 110 valence electrons. The number of hydrogen-bond donors (Lipinski definition) is 1. The minimum atomic E-state index is -4.66. The molecule has 0 aliphatic carbocycles. The number of carboxylic acids is 1. The Labute approximate surface area is 121 Å². The number of halogens is 4. The van der Waals surface area contributed by atoms with Crippen LogP contribution in [0.15, 0.2) is 22.7 Å². The zero-order valence-corrected chi connectivity index (χ0v) is 12.0. The van der Waals surface area contributed by atoms with Gasteiger partial charge >= 0.3 is 12.1 Å². The molecule has 0 radical (unpaired) electrons. The Bertz CT molecular complexity index is 531. The Hall–Kier alpha value is -1.57. The highest BCUT2D eigenvalue weighted by atomic mass is 79.9. The molecule has 0 aliphatic heterocycles. The van der Waals surface area contributed by atoms with Crippen LogP contribution in [0.3, 0.4) is 0 Å². The highest BCUT2D eigenvalue weighted by Gasteiger charge is 2.34. The lowest BCUT2D eigenvalue weighted by molar-refractivity contribution is -0.149. The summed E-state index contributed by atoms with van der Waals surface area (Å²) in [5, 5.41) is 8.61. The largest absolute Gasteiger partial charge is 0.480 e. The van der Waals surface area contributed by atoms with Crippen LogP contribution in [-0.4, -0.2) is 41.1 Å². The van der Waals surface area contributed by atoms with Gasteiger partial charge in [-0.15, -0.1) is 0 Å². The fraction of sp³-hybridized carbons (Fsp3) is 0.333. The van der Waals surface area contributed by atoms with Gasteiger partial charge in [0.1, 0.15) is 13.1 Å². The van der Waals surface area contributed by atoms with Crippen LogP contribution in [0.2, 0.25) is 0 Å². The van der Waals surface area contributed by atoms with Gasteiger partial charge in [0.15, 0.2) is 0 Å². The van der Waals surface area contributed by atoms with E-state index in [1.165, 1.54) is 18.2 Å². The Morgan fingerprint density at radius 2 is 1.95 bits per heavy atom. The summed E-state index contributed by atoms with van der Waals surface area (Å²) < 4.78 is 37.8. The number of amides is 1. The molecule has 20 heavy (non-hydrogen) atoms. The molecule has 0 unspecified atom stereocenters. The first-order valence-corrected chi connectivity index (χ1v) is 6.23. The Morgan fingerprint density at radius 3 is 2.40 bits per heavy atom. The van der Waals surface area contributed by atoms with Crippen LogP contribution in [-0.2, 0) is 4.79 Å². The molecule has 1 N–H and O–H groups in total. The first-order chi connectivity index (χ1) is 9.10. The molecular weight excluding hydrogens is 343 g/mol. The van der Waals surface area contributed by atoms with Gasteiger partial charge in [-0.25, -0.2) is 0 Å². The van der Waals surface area contributed by atoms with Crippen molar-refractivity contribution in [1.29, 1.82) is 0 Å². The maximum atomic E-state index is 12.4. The molecule has 8 heteroatoms. The number of benzene rings is 1. The summed E-state index contributed by atoms with van der Waals surface area (Å²) >= 11 is 3.21. The van der Waals surface area contributed by atoms with Crippen molar-refractivity contribution in [2.45, 2.75) is 13.1 Å². The van der Waals surface area contributed by atoms with Crippen LogP contribution in [0.25, 0.3) is 0 Å². The van der Waals surface area contributed by atoms with Gasteiger partial charge in [-0.2, -0.15) is 13.2 Å². The molecule has 1 amide bonds. The average Bonchev–Trinajstić information content (AvgIpc) is 2.28. The van der Waals surface area contributed by atoms with Crippen molar-refractivity contribution in [1.82, 2.24) is 4.90 Å². The molecule has 1 rings (SSSR count). The number of aliphatic carboxylic acids is 1. The van der Waals surface area contributed by atoms with Crippen molar-refractivity contribution in [2.75, 3.05) is 13.1 Å². The summed E-state index contributed by atoms with van der Waals surface area (Å²) in [5.41, 5.74) is 0.675. The number of rotatable bonds is 4. The lowest BCUT2D eigenvalue weighted by Crippen LogP contribution is -2.42. The molecule has 0 spiro atoms. The number of carbonyl (C=O) groups is 2. The van der Waals surface area contributed by atoms with Crippen LogP contribution >= 0.6 is 15.9 Å². The third-order valence-electron chi connectivity index (χ3n) is 2.39. The number of carboxylic acid groups (broad SMARTS) is 1. The van der Waals surface area contributed by atoms with E-state index in [9.17, 15) is 22.8 Å². The van der Waals surface area contributed by atoms with Crippen LogP contribution < -0.4 is 0 Å². The number of hydrogen-bond acceptors (Lipinski definition) is 2. The summed E-state index contributed by atoms with van der Waals surface area (Å²) in [4.78, 5) is 22.8. The number of alkyl halides is 3. The Balaban J connectivity index is 3.02. The maximum Gasteiger partial charge on any atom is 0.406 e. The molecule has 4 nitrogen and oxygen atoms in total. The van der Waals surface area contributed by atoms with Gasteiger partial charge < -0.3 is 10.0 Å². The zero-order valence-electron chi connectivity index (χ0n) is 10.4. The van der Waals surface area contributed by atoms with Crippen LogP contribution in [0.5, 0.6) is 0 Å². The molecule has 0 saturated heterocycles. The predicted octanol–water partition coefficient (Wildman–Crippen LogP) is 2.85. The highest BCUT2D eigenvalue weighted by molar-refractivity contribution is 9.10. The number of nitrogens with zero attached hydrogens (tertiary/aromatic N) is 1. The maximum absolute atomic E-state index is 12.4. The lowest BCUT2D eigenvalue weighted by Gasteiger charge is -2.22. The second-order valence-corrected chi connectivity index (χ2v) is 4.99. The van der Waals surface area contributed by atoms with Crippen molar-refractivity contribution < 1.29 is 27.9 Å². The average molecular weight is 354 g/mol. The van der Waals surface area contributed by atoms with Gasteiger partial charge in [-0.3, -0.25) is 9.59 Å². The van der Waals surface area contributed by atoms with Crippen molar-refractivity contribution >= 4 is 27.8 Å². The molecule has 0 fully saturated rings. The number of carbonyl (C=O) groups excluding carboxylic acids is 1. The fourth-order valence-corrected chi connectivity index (χ4v) is 1.79. The lowest BCUT2D eigenvalue weighted by atomic mass is 10.1. The summed E-state index contributed by atoms with van der Waals surface area (Å²) in [6, 6.07) is 4.26. The topological polar surface area (TPSA) is 57.6 Å². The minimum absolute atomic E-state index is 0.0104. The standard InChI is InChI=1S/C12H11BrF3NO3/c1-7-4-8(2-3-9(7)13)11(20)17(5-10(18)19)6-12(14,15)16/h2-4H,5-6H2,1H3,(H,18,19). The fourth-order valence-electron chi connectivity index (χ4n) is 1.54. The molecule has 0 saturated carbocycles. The summed E-state index contributed by atoms with van der Waals surface area (Å²) in [7, 11) is 0. The van der Waals surface area contributed by atoms with E-state index in [0.717, 1.165) is 0 Å². The highest BCUT2D eigenvalue weighted by Crippen LogP contribution is 2.21. The monoisotopic (exact) mass is 353 g/mol. The van der Waals surface area contributed by atoms with Crippen LogP contribution in [0, 0.1) is 6.92 Å². The van der Waals surface area contributed by atoms with E-state index >= 15 is 0 Å². The zero-order chi connectivity index (χ0) is 15.5. The molecule has 0 bridgehead atoms. The van der Waals surface area contributed by atoms with E-state index in [1.807, 2.05) is 0 Å². The van der Waals surface area contributed by atoms with E-state index in [0.29, 0.717) is 10.0 Å². The predicted molar refractivity (Wildman–Crippen MR) is 68.5 cm³/mol. The summed E-state index contributed by atoms with van der Waals surface area (Å²) in [6.07, 6.45) is -4.66. The van der Waals surface area contributed by atoms with Crippen LogP contribution in [0.1, 0.15) is 15.9 Å². The van der Waals surface area contributed by atoms with Gasteiger partial charge in [-0.1, -0.05) is 15.9 Å². The van der Waals surface area contributed by atoms with E-state index in [1.54, 1.807) is 6.92 Å². The van der Waals surface area contributed by atoms with Gasteiger partial charge in [0.05, 0.1) is 0 Å².